The van der Waals surface area contributed by atoms with Crippen molar-refractivity contribution in [3.05, 3.63) is 57.4 Å². The van der Waals surface area contributed by atoms with Crippen LogP contribution in [0.25, 0.3) is 0 Å². The van der Waals surface area contributed by atoms with Crippen LogP contribution in [0.15, 0.2) is 46.8 Å². The van der Waals surface area contributed by atoms with Crippen LogP contribution in [0.2, 0.25) is 5.02 Å². The number of carbonyl (C=O) groups excluding carboxylic acids is 3. The van der Waals surface area contributed by atoms with E-state index in [1.807, 2.05) is 6.92 Å². The number of allylic oxidation sites excluding steroid dienone is 3. The number of rotatable bonds is 4. The van der Waals surface area contributed by atoms with Crippen molar-refractivity contribution in [3.63, 3.8) is 0 Å². The highest BCUT2D eigenvalue weighted by molar-refractivity contribution is 6.30. The van der Waals surface area contributed by atoms with E-state index in [1.165, 1.54) is 7.11 Å². The third-order valence-electron chi connectivity index (χ3n) is 5.51. The normalized spacial score (nSPS) is 23.8. The first kappa shape index (κ1) is 22.1. The summed E-state index contributed by atoms with van der Waals surface area (Å²) in [7, 11) is 1.28. The van der Waals surface area contributed by atoms with E-state index in [1.54, 1.807) is 45.0 Å². The summed E-state index contributed by atoms with van der Waals surface area (Å²) in [5.41, 5.74) is 2.86. The van der Waals surface area contributed by atoms with Crippen LogP contribution in [0.5, 0.6) is 0 Å². The second-order valence-electron chi connectivity index (χ2n) is 8.04. The maximum Gasteiger partial charge on any atom is 0.337 e. The monoisotopic (exact) mass is 431 g/mol. The van der Waals surface area contributed by atoms with E-state index in [9.17, 15) is 14.4 Å². The average Bonchev–Trinajstić information content (AvgIpc) is 2.66. The first-order chi connectivity index (χ1) is 14.1. The lowest BCUT2D eigenvalue weighted by atomic mass is 9.69. The van der Waals surface area contributed by atoms with Crippen LogP contribution in [0.1, 0.15) is 45.6 Å². The molecule has 0 bridgehead atoms. The lowest BCUT2D eigenvalue weighted by molar-refractivity contribution is -0.151. The third-order valence-corrected chi connectivity index (χ3v) is 5.76. The van der Waals surface area contributed by atoms with Gasteiger partial charge >= 0.3 is 11.9 Å². The lowest BCUT2D eigenvalue weighted by Crippen LogP contribution is -2.43. The highest BCUT2D eigenvalue weighted by atomic mass is 35.5. The molecule has 3 rings (SSSR count). The van der Waals surface area contributed by atoms with Crippen molar-refractivity contribution in [2.45, 2.75) is 46.1 Å². The molecule has 1 aliphatic heterocycles. The number of benzene rings is 1. The second-order valence-corrected chi connectivity index (χ2v) is 8.48. The molecule has 1 aromatic rings. The minimum Gasteiger partial charge on any atom is -0.468 e. The molecule has 0 fully saturated rings. The quantitative estimate of drug-likeness (QED) is 0.575. The summed E-state index contributed by atoms with van der Waals surface area (Å²) in [6, 6.07) is 7.01. The van der Waals surface area contributed by atoms with Gasteiger partial charge in [-0.15, -0.1) is 0 Å². The van der Waals surface area contributed by atoms with E-state index in [2.05, 4.69) is 5.32 Å². The Morgan fingerprint density at radius 3 is 2.40 bits per heavy atom. The number of Topliss-reactive ketones (excluding diaryl/α,β-unsaturated/α-hetero) is 1. The number of nitrogens with one attached hydrogen (secondary N) is 1. The van der Waals surface area contributed by atoms with Crippen molar-refractivity contribution in [1.82, 2.24) is 5.32 Å². The molecule has 3 unspecified atom stereocenters. The fourth-order valence-electron chi connectivity index (χ4n) is 4.22. The summed E-state index contributed by atoms with van der Waals surface area (Å²) >= 11 is 6.06. The maximum atomic E-state index is 13.5. The molecule has 0 saturated carbocycles. The molecular weight excluding hydrogens is 406 g/mol. The number of hydrogen-bond donors (Lipinski definition) is 1. The number of esters is 2. The number of halogens is 1. The van der Waals surface area contributed by atoms with Crippen LogP contribution >= 0.6 is 11.6 Å². The Kier molecular flexibility index (Phi) is 6.36. The molecule has 7 heteroatoms. The molecule has 0 saturated heterocycles. The molecular formula is C23H26ClNO5. The maximum absolute atomic E-state index is 13.5. The van der Waals surface area contributed by atoms with Crippen LogP contribution in [0.3, 0.4) is 0 Å². The second kappa shape index (κ2) is 8.64. The van der Waals surface area contributed by atoms with Crippen LogP contribution in [-0.2, 0) is 23.9 Å². The summed E-state index contributed by atoms with van der Waals surface area (Å²) in [6.45, 7) is 7.19. The third kappa shape index (κ3) is 4.01. The molecule has 0 amide bonds. The van der Waals surface area contributed by atoms with Crippen molar-refractivity contribution >= 4 is 29.3 Å². The number of ether oxygens (including phenoxy) is 2. The Labute approximate surface area is 181 Å². The van der Waals surface area contributed by atoms with Gasteiger partial charge in [0.1, 0.15) is 5.92 Å². The van der Waals surface area contributed by atoms with Gasteiger partial charge < -0.3 is 14.8 Å². The number of ketones is 1. The first-order valence-electron chi connectivity index (χ1n) is 9.95. The van der Waals surface area contributed by atoms with Crippen LogP contribution in [0, 0.1) is 11.8 Å². The highest BCUT2D eigenvalue weighted by Crippen LogP contribution is 2.45. The standard InChI is InChI=1S/C23H26ClNO5/c1-11(2)30-23(28)18-13(4)25-16-10-12(3)17(22(27)29-5)21(26)20(16)19(18)14-6-8-15(24)9-7-14/h6-9,11-12,17,19,25H,10H2,1-5H3. The Morgan fingerprint density at radius 1 is 1.20 bits per heavy atom. The minimum atomic E-state index is -0.911. The zero-order chi connectivity index (χ0) is 22.2. The number of hydrogen-bond acceptors (Lipinski definition) is 6. The van der Waals surface area contributed by atoms with Crippen molar-refractivity contribution in [2.24, 2.45) is 11.8 Å². The SMILES string of the molecule is COC(=O)C1C(=O)C2=C(CC1C)NC(C)=C(C(=O)OC(C)C)C2c1ccc(Cl)cc1. The molecule has 0 radical (unpaired) electrons. The number of carbonyl (C=O) groups is 3. The van der Waals surface area contributed by atoms with Gasteiger partial charge in [0, 0.05) is 27.9 Å². The van der Waals surface area contributed by atoms with E-state index >= 15 is 0 Å². The van der Waals surface area contributed by atoms with Gasteiger partial charge in [0.15, 0.2) is 5.78 Å². The molecule has 3 atom stereocenters. The van der Waals surface area contributed by atoms with E-state index in [-0.39, 0.29) is 17.8 Å². The van der Waals surface area contributed by atoms with Crippen molar-refractivity contribution < 1.29 is 23.9 Å². The fraction of sp³-hybridized carbons (Fsp3) is 0.435. The Balaban J connectivity index is 2.17. The average molecular weight is 432 g/mol. The number of methoxy groups -OCH3 is 1. The van der Waals surface area contributed by atoms with Gasteiger partial charge in [-0.3, -0.25) is 9.59 Å². The molecule has 30 heavy (non-hydrogen) atoms. The molecule has 1 heterocycles. The van der Waals surface area contributed by atoms with Crippen molar-refractivity contribution in [3.8, 4) is 0 Å². The highest BCUT2D eigenvalue weighted by Gasteiger charge is 2.47. The lowest BCUT2D eigenvalue weighted by Gasteiger charge is -2.38. The van der Waals surface area contributed by atoms with Gasteiger partial charge in [-0.2, -0.15) is 0 Å². The number of dihydropyridines is 1. The molecule has 2 aliphatic rings. The summed E-state index contributed by atoms with van der Waals surface area (Å²) < 4.78 is 10.4. The van der Waals surface area contributed by atoms with E-state index in [4.69, 9.17) is 21.1 Å². The van der Waals surface area contributed by atoms with Gasteiger partial charge in [-0.25, -0.2) is 4.79 Å². The van der Waals surface area contributed by atoms with E-state index < -0.39 is 23.8 Å². The predicted octanol–water partition coefficient (Wildman–Crippen LogP) is 3.90. The minimum absolute atomic E-state index is 0.223. The molecule has 1 aromatic carbocycles. The Hall–Kier alpha value is -2.60. The summed E-state index contributed by atoms with van der Waals surface area (Å²) in [4.78, 5) is 38.9. The van der Waals surface area contributed by atoms with Crippen molar-refractivity contribution in [1.29, 1.82) is 0 Å². The van der Waals surface area contributed by atoms with Gasteiger partial charge in [-0.1, -0.05) is 30.7 Å². The smallest absolute Gasteiger partial charge is 0.337 e. The Morgan fingerprint density at radius 2 is 1.83 bits per heavy atom. The predicted molar refractivity (Wildman–Crippen MR) is 113 cm³/mol. The van der Waals surface area contributed by atoms with Gasteiger partial charge in [0.25, 0.3) is 0 Å². The van der Waals surface area contributed by atoms with Gasteiger partial charge in [0.05, 0.1) is 18.8 Å². The topological polar surface area (TPSA) is 81.7 Å². The molecule has 0 spiro atoms. The summed E-state index contributed by atoms with van der Waals surface area (Å²) in [5.74, 6) is -3.18. The van der Waals surface area contributed by atoms with Crippen LogP contribution in [0.4, 0.5) is 0 Å². The van der Waals surface area contributed by atoms with Gasteiger partial charge in [0.2, 0.25) is 0 Å². The first-order valence-corrected chi connectivity index (χ1v) is 10.3. The molecule has 1 aliphatic carbocycles. The van der Waals surface area contributed by atoms with E-state index in [0.29, 0.717) is 28.3 Å². The fourth-order valence-corrected chi connectivity index (χ4v) is 4.34. The van der Waals surface area contributed by atoms with Crippen molar-refractivity contribution in [2.75, 3.05) is 7.11 Å². The zero-order valence-corrected chi connectivity index (χ0v) is 18.5. The summed E-state index contributed by atoms with van der Waals surface area (Å²) in [5, 5.41) is 3.78. The zero-order valence-electron chi connectivity index (χ0n) is 17.7. The molecule has 1 N–H and O–H groups in total. The molecule has 6 nitrogen and oxygen atoms in total. The Bertz CT molecular complexity index is 945. The van der Waals surface area contributed by atoms with Crippen LogP contribution < -0.4 is 5.32 Å². The van der Waals surface area contributed by atoms with E-state index in [0.717, 1.165) is 11.3 Å². The van der Waals surface area contributed by atoms with Gasteiger partial charge in [-0.05, 0) is 50.8 Å². The summed E-state index contributed by atoms with van der Waals surface area (Å²) in [6.07, 6.45) is 0.179. The molecule has 0 aromatic heterocycles. The van der Waals surface area contributed by atoms with Crippen LogP contribution in [-0.4, -0.2) is 30.9 Å². The largest absolute Gasteiger partial charge is 0.468 e. The molecule has 160 valence electrons.